The van der Waals surface area contributed by atoms with E-state index in [4.69, 9.17) is 0 Å². The first-order valence-electron chi connectivity index (χ1n) is 7.76. The summed E-state index contributed by atoms with van der Waals surface area (Å²) in [4.78, 5) is 0.285. The van der Waals surface area contributed by atoms with Crippen LogP contribution in [-0.2, 0) is 23.0 Å². The van der Waals surface area contributed by atoms with E-state index in [2.05, 4.69) is 9.82 Å². The van der Waals surface area contributed by atoms with Crippen molar-refractivity contribution in [3.63, 3.8) is 0 Å². The van der Waals surface area contributed by atoms with Gasteiger partial charge >= 0.3 is 0 Å². The van der Waals surface area contributed by atoms with Gasteiger partial charge in [0.25, 0.3) is 0 Å². The maximum absolute atomic E-state index is 12.3. The van der Waals surface area contributed by atoms with Crippen molar-refractivity contribution in [3.05, 3.63) is 78.1 Å². The molecule has 0 aliphatic carbocycles. The molecule has 0 fully saturated rings. The number of nitrogens with one attached hydrogen (secondary N) is 1. The summed E-state index contributed by atoms with van der Waals surface area (Å²) in [7, 11) is -3.50. The van der Waals surface area contributed by atoms with E-state index in [0.29, 0.717) is 0 Å². The number of rotatable bonds is 6. The maximum atomic E-state index is 12.3. The van der Waals surface area contributed by atoms with Crippen molar-refractivity contribution in [3.8, 4) is 5.69 Å². The highest BCUT2D eigenvalue weighted by Crippen LogP contribution is 2.13. The van der Waals surface area contributed by atoms with Gasteiger partial charge in [-0.05, 0) is 47.9 Å². The van der Waals surface area contributed by atoms with Gasteiger partial charge in [-0.15, -0.1) is 0 Å². The first kappa shape index (κ1) is 16.4. The number of nitrogens with zero attached hydrogens (tertiary/aromatic N) is 2. The third-order valence-corrected chi connectivity index (χ3v) is 5.23. The summed E-state index contributed by atoms with van der Waals surface area (Å²) in [6, 6.07) is 16.4. The number of aryl methyl sites for hydroxylation is 1. The minimum Gasteiger partial charge on any atom is -0.241 e. The Balaban J connectivity index is 1.67. The van der Waals surface area contributed by atoms with Gasteiger partial charge in [0.15, 0.2) is 0 Å². The molecule has 0 amide bonds. The zero-order valence-corrected chi connectivity index (χ0v) is 14.2. The van der Waals surface area contributed by atoms with E-state index in [-0.39, 0.29) is 11.4 Å². The fraction of sp³-hybridized carbons (Fsp3) is 0.167. The van der Waals surface area contributed by atoms with Crippen LogP contribution in [-0.4, -0.2) is 18.2 Å². The van der Waals surface area contributed by atoms with Crippen LogP contribution in [0.25, 0.3) is 5.69 Å². The molecule has 0 saturated carbocycles. The van der Waals surface area contributed by atoms with Gasteiger partial charge in [0, 0.05) is 18.9 Å². The Bertz CT molecular complexity index is 884. The van der Waals surface area contributed by atoms with Gasteiger partial charge in [-0.3, -0.25) is 0 Å². The van der Waals surface area contributed by atoms with E-state index in [9.17, 15) is 8.42 Å². The fourth-order valence-corrected chi connectivity index (χ4v) is 3.37. The standard InChI is InChI=1S/C18H19N3O2S/c1-2-15-6-10-18(11-7-15)24(22,23)20-14-16-4-8-17(9-5-16)21-13-3-12-19-21/h3-13,20H,2,14H2,1H3. The Hall–Kier alpha value is -2.44. The van der Waals surface area contributed by atoms with Gasteiger partial charge in [0.05, 0.1) is 10.6 Å². The van der Waals surface area contributed by atoms with Crippen LogP contribution in [0, 0.1) is 0 Å². The van der Waals surface area contributed by atoms with Crippen molar-refractivity contribution in [1.29, 1.82) is 0 Å². The number of hydrogen-bond acceptors (Lipinski definition) is 3. The van der Waals surface area contributed by atoms with Crippen LogP contribution in [0.3, 0.4) is 0 Å². The molecule has 0 bridgehead atoms. The van der Waals surface area contributed by atoms with Crippen LogP contribution in [0.15, 0.2) is 71.9 Å². The number of aromatic nitrogens is 2. The van der Waals surface area contributed by atoms with Gasteiger partial charge in [-0.25, -0.2) is 17.8 Å². The summed E-state index contributed by atoms with van der Waals surface area (Å²) in [5, 5.41) is 4.16. The molecule has 0 aliphatic rings. The Morgan fingerprint density at radius 2 is 1.67 bits per heavy atom. The second-order valence-electron chi connectivity index (χ2n) is 5.44. The molecular weight excluding hydrogens is 322 g/mol. The Kier molecular flexibility index (Phi) is 4.78. The van der Waals surface area contributed by atoms with Crippen molar-refractivity contribution < 1.29 is 8.42 Å². The minimum atomic E-state index is -3.50. The minimum absolute atomic E-state index is 0.247. The molecule has 1 heterocycles. The molecule has 3 rings (SSSR count). The predicted octanol–water partition coefficient (Wildman–Crippen LogP) is 2.91. The monoisotopic (exact) mass is 341 g/mol. The third-order valence-electron chi connectivity index (χ3n) is 3.81. The molecule has 0 aliphatic heterocycles. The highest BCUT2D eigenvalue weighted by molar-refractivity contribution is 7.89. The van der Waals surface area contributed by atoms with Gasteiger partial charge in [-0.1, -0.05) is 31.2 Å². The van der Waals surface area contributed by atoms with Crippen molar-refractivity contribution in [2.45, 2.75) is 24.8 Å². The van der Waals surface area contributed by atoms with Crippen molar-refractivity contribution in [1.82, 2.24) is 14.5 Å². The molecule has 6 heteroatoms. The van der Waals surface area contributed by atoms with Gasteiger partial charge < -0.3 is 0 Å². The van der Waals surface area contributed by atoms with E-state index >= 15 is 0 Å². The maximum Gasteiger partial charge on any atom is 0.240 e. The SMILES string of the molecule is CCc1ccc(S(=O)(=O)NCc2ccc(-n3cccn3)cc2)cc1. The second kappa shape index (κ2) is 6.98. The van der Waals surface area contributed by atoms with E-state index in [1.165, 1.54) is 0 Å². The molecule has 0 atom stereocenters. The van der Waals surface area contributed by atoms with E-state index in [1.807, 2.05) is 55.6 Å². The smallest absolute Gasteiger partial charge is 0.240 e. The highest BCUT2D eigenvalue weighted by atomic mass is 32.2. The average molecular weight is 341 g/mol. The predicted molar refractivity (Wildman–Crippen MR) is 93.4 cm³/mol. The van der Waals surface area contributed by atoms with Crippen LogP contribution >= 0.6 is 0 Å². The topological polar surface area (TPSA) is 64.0 Å². The Morgan fingerprint density at radius 1 is 1.00 bits per heavy atom. The number of benzene rings is 2. The highest BCUT2D eigenvalue weighted by Gasteiger charge is 2.13. The van der Waals surface area contributed by atoms with Crippen LogP contribution < -0.4 is 4.72 Å². The van der Waals surface area contributed by atoms with Crippen molar-refractivity contribution in [2.75, 3.05) is 0 Å². The van der Waals surface area contributed by atoms with Gasteiger partial charge in [0.1, 0.15) is 0 Å². The number of sulfonamides is 1. The summed E-state index contributed by atoms with van der Waals surface area (Å²) in [5.74, 6) is 0. The molecule has 0 saturated heterocycles. The molecule has 0 spiro atoms. The average Bonchev–Trinajstić information content (AvgIpc) is 3.15. The summed E-state index contributed by atoms with van der Waals surface area (Å²) in [6.07, 6.45) is 4.46. The lowest BCUT2D eigenvalue weighted by atomic mass is 10.2. The summed E-state index contributed by atoms with van der Waals surface area (Å²) >= 11 is 0. The molecule has 1 aromatic heterocycles. The molecule has 0 unspecified atom stereocenters. The van der Waals surface area contributed by atoms with Crippen LogP contribution in [0.2, 0.25) is 0 Å². The Morgan fingerprint density at radius 3 is 2.25 bits per heavy atom. The zero-order valence-electron chi connectivity index (χ0n) is 13.4. The molecule has 3 aromatic rings. The molecule has 2 aromatic carbocycles. The summed E-state index contributed by atoms with van der Waals surface area (Å²) < 4.78 is 29.1. The lowest BCUT2D eigenvalue weighted by Crippen LogP contribution is -2.23. The molecule has 1 N–H and O–H groups in total. The van der Waals surface area contributed by atoms with E-state index in [0.717, 1.165) is 23.2 Å². The number of hydrogen-bond donors (Lipinski definition) is 1. The van der Waals surface area contributed by atoms with Crippen LogP contribution in [0.4, 0.5) is 0 Å². The first-order chi connectivity index (χ1) is 11.6. The zero-order chi connectivity index (χ0) is 17.0. The Labute approximate surface area is 142 Å². The third kappa shape index (κ3) is 3.72. The fourth-order valence-electron chi connectivity index (χ4n) is 2.35. The molecular formula is C18H19N3O2S. The first-order valence-corrected chi connectivity index (χ1v) is 9.24. The molecule has 5 nitrogen and oxygen atoms in total. The lowest BCUT2D eigenvalue weighted by molar-refractivity contribution is 0.581. The van der Waals surface area contributed by atoms with Crippen molar-refractivity contribution in [2.24, 2.45) is 0 Å². The van der Waals surface area contributed by atoms with Gasteiger partial charge in [-0.2, -0.15) is 5.10 Å². The second-order valence-corrected chi connectivity index (χ2v) is 7.21. The summed E-state index contributed by atoms with van der Waals surface area (Å²) in [5.41, 5.74) is 2.93. The normalized spacial score (nSPS) is 11.5. The van der Waals surface area contributed by atoms with E-state index in [1.54, 1.807) is 23.0 Å². The molecule has 124 valence electrons. The summed E-state index contributed by atoms with van der Waals surface area (Å²) in [6.45, 7) is 2.28. The van der Waals surface area contributed by atoms with Crippen LogP contribution in [0.5, 0.6) is 0 Å². The largest absolute Gasteiger partial charge is 0.241 e. The molecule has 24 heavy (non-hydrogen) atoms. The van der Waals surface area contributed by atoms with Gasteiger partial charge in [0.2, 0.25) is 10.0 Å². The lowest BCUT2D eigenvalue weighted by Gasteiger charge is -2.08. The molecule has 0 radical (unpaired) electrons. The van der Waals surface area contributed by atoms with E-state index < -0.39 is 10.0 Å². The van der Waals surface area contributed by atoms with Crippen LogP contribution in [0.1, 0.15) is 18.1 Å². The quantitative estimate of drug-likeness (QED) is 0.750. The van der Waals surface area contributed by atoms with Crippen molar-refractivity contribution >= 4 is 10.0 Å².